The average Bonchev–Trinajstić information content (AvgIpc) is 3.05. The first-order valence-electron chi connectivity index (χ1n) is 6.01. The van der Waals surface area contributed by atoms with Gasteiger partial charge in [0.1, 0.15) is 12.1 Å². The van der Waals surface area contributed by atoms with E-state index < -0.39 is 0 Å². The van der Waals surface area contributed by atoms with Crippen LogP contribution in [-0.2, 0) is 13.0 Å². The van der Waals surface area contributed by atoms with Crippen molar-refractivity contribution in [3.05, 3.63) is 36.2 Å². The maximum atomic E-state index is 11.7. The Balaban J connectivity index is 1.54. The van der Waals surface area contributed by atoms with Crippen LogP contribution in [0.3, 0.4) is 0 Å². The lowest BCUT2D eigenvalue weighted by atomic mass is 9.99. The fourth-order valence-corrected chi connectivity index (χ4v) is 2.26. The van der Waals surface area contributed by atoms with Crippen molar-refractivity contribution >= 4 is 5.91 Å². The van der Waals surface area contributed by atoms with Gasteiger partial charge >= 0.3 is 0 Å². The third-order valence-corrected chi connectivity index (χ3v) is 3.25. The highest BCUT2D eigenvalue weighted by atomic mass is 16.5. The Bertz CT molecular complexity index is 532. The van der Waals surface area contributed by atoms with Crippen LogP contribution >= 0.6 is 0 Å². The molecule has 94 valence electrons. The van der Waals surface area contributed by atoms with Crippen molar-refractivity contribution in [2.75, 3.05) is 6.54 Å². The summed E-state index contributed by atoms with van der Waals surface area (Å²) >= 11 is 0. The van der Waals surface area contributed by atoms with Gasteiger partial charge < -0.3 is 14.4 Å². The van der Waals surface area contributed by atoms with Crippen LogP contribution in [0.15, 0.2) is 29.2 Å². The maximum Gasteiger partial charge on any atom is 0.273 e. The van der Waals surface area contributed by atoms with Gasteiger partial charge in [-0.25, -0.2) is 4.98 Å². The topological polar surface area (TPSA) is 73.0 Å². The second kappa shape index (κ2) is 4.64. The minimum atomic E-state index is -0.180. The molecule has 1 aliphatic rings. The summed E-state index contributed by atoms with van der Waals surface area (Å²) in [6.07, 6.45) is 7.23. The van der Waals surface area contributed by atoms with Gasteiger partial charge in [-0.3, -0.25) is 4.79 Å². The molecule has 0 fully saturated rings. The lowest BCUT2D eigenvalue weighted by Crippen LogP contribution is -2.33. The number of nitrogens with zero attached hydrogens (tertiary/aromatic N) is 3. The Morgan fingerprint density at radius 3 is 3.39 bits per heavy atom. The SMILES string of the molecule is O=C(NC[C@H]1CCc2nccn2C1)c1ccon1. The molecule has 2 aromatic heterocycles. The van der Waals surface area contributed by atoms with Gasteiger partial charge in [-0.1, -0.05) is 5.16 Å². The number of aromatic nitrogens is 3. The van der Waals surface area contributed by atoms with E-state index in [1.54, 1.807) is 6.07 Å². The van der Waals surface area contributed by atoms with Crippen LogP contribution in [0.5, 0.6) is 0 Å². The first-order chi connectivity index (χ1) is 8.83. The molecule has 18 heavy (non-hydrogen) atoms. The van der Waals surface area contributed by atoms with E-state index in [4.69, 9.17) is 0 Å². The summed E-state index contributed by atoms with van der Waals surface area (Å²) in [6, 6.07) is 1.56. The van der Waals surface area contributed by atoms with Crippen LogP contribution in [0.4, 0.5) is 0 Å². The summed E-state index contributed by atoms with van der Waals surface area (Å²) in [5.41, 5.74) is 0.328. The normalized spacial score (nSPS) is 18.3. The summed E-state index contributed by atoms with van der Waals surface area (Å²) < 4.78 is 6.79. The van der Waals surface area contributed by atoms with E-state index in [1.165, 1.54) is 6.26 Å². The predicted octanol–water partition coefficient (Wildman–Crippen LogP) is 0.863. The molecule has 6 nitrogen and oxygen atoms in total. The smallest absolute Gasteiger partial charge is 0.273 e. The number of amides is 1. The molecule has 1 aliphatic heterocycles. The van der Waals surface area contributed by atoms with Crippen LogP contribution in [0.1, 0.15) is 22.7 Å². The molecule has 3 rings (SSSR count). The maximum absolute atomic E-state index is 11.7. The number of imidazole rings is 1. The number of carbonyl (C=O) groups excluding carboxylic acids is 1. The molecule has 2 aromatic rings. The van der Waals surface area contributed by atoms with Gasteiger partial charge in [-0.05, 0) is 12.3 Å². The van der Waals surface area contributed by atoms with Gasteiger partial charge in [0.25, 0.3) is 5.91 Å². The van der Waals surface area contributed by atoms with Gasteiger partial charge in [0.2, 0.25) is 0 Å². The second-order valence-corrected chi connectivity index (χ2v) is 4.50. The highest BCUT2D eigenvalue weighted by molar-refractivity contribution is 5.91. The molecule has 6 heteroatoms. The quantitative estimate of drug-likeness (QED) is 0.872. The molecule has 0 radical (unpaired) electrons. The summed E-state index contributed by atoms with van der Waals surface area (Å²) in [6.45, 7) is 1.57. The molecular weight excluding hydrogens is 232 g/mol. The first kappa shape index (κ1) is 11.0. The van der Waals surface area contributed by atoms with Gasteiger partial charge in [0, 0.05) is 38.0 Å². The fourth-order valence-electron chi connectivity index (χ4n) is 2.26. The number of nitrogens with one attached hydrogen (secondary N) is 1. The number of carbonyl (C=O) groups is 1. The van der Waals surface area contributed by atoms with E-state index in [-0.39, 0.29) is 5.91 Å². The van der Waals surface area contributed by atoms with E-state index in [0.29, 0.717) is 18.2 Å². The second-order valence-electron chi connectivity index (χ2n) is 4.50. The molecule has 3 heterocycles. The zero-order valence-corrected chi connectivity index (χ0v) is 9.87. The van der Waals surface area contributed by atoms with Gasteiger partial charge in [-0.15, -0.1) is 0 Å². The van der Waals surface area contributed by atoms with E-state index in [9.17, 15) is 4.79 Å². The van der Waals surface area contributed by atoms with E-state index >= 15 is 0 Å². The van der Waals surface area contributed by atoms with Crippen molar-refractivity contribution in [1.29, 1.82) is 0 Å². The van der Waals surface area contributed by atoms with Crippen molar-refractivity contribution < 1.29 is 9.32 Å². The van der Waals surface area contributed by atoms with Crippen LogP contribution in [0, 0.1) is 5.92 Å². The summed E-state index contributed by atoms with van der Waals surface area (Å²) in [5.74, 6) is 1.40. The van der Waals surface area contributed by atoms with E-state index in [2.05, 4.69) is 24.5 Å². The van der Waals surface area contributed by atoms with Crippen LogP contribution < -0.4 is 5.32 Å². The zero-order chi connectivity index (χ0) is 12.4. The zero-order valence-electron chi connectivity index (χ0n) is 9.87. The highest BCUT2D eigenvalue weighted by Crippen LogP contribution is 2.17. The molecule has 1 N–H and O–H groups in total. The van der Waals surface area contributed by atoms with Crippen molar-refractivity contribution in [3.63, 3.8) is 0 Å². The number of aryl methyl sites for hydroxylation is 1. The number of hydrogen-bond donors (Lipinski definition) is 1. The van der Waals surface area contributed by atoms with Gasteiger partial charge in [0.05, 0.1) is 0 Å². The molecule has 0 aliphatic carbocycles. The van der Waals surface area contributed by atoms with Crippen LogP contribution in [-0.4, -0.2) is 27.2 Å². The van der Waals surface area contributed by atoms with Crippen molar-refractivity contribution in [2.45, 2.75) is 19.4 Å². The monoisotopic (exact) mass is 246 g/mol. The van der Waals surface area contributed by atoms with Crippen molar-refractivity contribution in [2.24, 2.45) is 5.92 Å². The molecule has 0 spiro atoms. The molecular formula is C12H14N4O2. The molecule has 0 saturated heterocycles. The Hall–Kier alpha value is -2.11. The Morgan fingerprint density at radius 1 is 1.61 bits per heavy atom. The summed E-state index contributed by atoms with van der Waals surface area (Å²) in [5, 5.41) is 6.49. The third kappa shape index (κ3) is 2.13. The minimum absolute atomic E-state index is 0.180. The summed E-state index contributed by atoms with van der Waals surface area (Å²) in [7, 11) is 0. The average molecular weight is 246 g/mol. The minimum Gasteiger partial charge on any atom is -0.364 e. The lowest BCUT2D eigenvalue weighted by molar-refractivity contribution is 0.0934. The number of rotatable bonds is 3. The van der Waals surface area contributed by atoms with Crippen LogP contribution in [0.25, 0.3) is 0 Å². The Morgan fingerprint density at radius 2 is 2.56 bits per heavy atom. The molecule has 0 unspecified atom stereocenters. The van der Waals surface area contributed by atoms with Crippen molar-refractivity contribution in [3.8, 4) is 0 Å². The lowest BCUT2D eigenvalue weighted by Gasteiger charge is -2.23. The Labute approximate surface area is 104 Å². The molecule has 0 bridgehead atoms. The molecule has 0 saturated carbocycles. The largest absolute Gasteiger partial charge is 0.364 e. The van der Waals surface area contributed by atoms with Crippen molar-refractivity contribution in [1.82, 2.24) is 20.0 Å². The number of fused-ring (bicyclic) bond motifs is 1. The van der Waals surface area contributed by atoms with E-state index in [1.807, 2.05) is 12.4 Å². The first-order valence-corrected chi connectivity index (χ1v) is 6.01. The summed E-state index contributed by atoms with van der Waals surface area (Å²) in [4.78, 5) is 16.0. The molecule has 1 atom stereocenters. The van der Waals surface area contributed by atoms with Crippen LogP contribution in [0.2, 0.25) is 0 Å². The highest BCUT2D eigenvalue weighted by Gasteiger charge is 2.19. The fraction of sp³-hybridized carbons (Fsp3) is 0.417. The Kier molecular flexibility index (Phi) is 2.84. The predicted molar refractivity (Wildman–Crippen MR) is 62.9 cm³/mol. The van der Waals surface area contributed by atoms with Gasteiger partial charge in [-0.2, -0.15) is 0 Å². The van der Waals surface area contributed by atoms with E-state index in [0.717, 1.165) is 25.2 Å². The number of hydrogen-bond acceptors (Lipinski definition) is 4. The van der Waals surface area contributed by atoms with Gasteiger partial charge in [0.15, 0.2) is 5.69 Å². The molecule has 1 amide bonds. The third-order valence-electron chi connectivity index (χ3n) is 3.25. The molecule has 0 aromatic carbocycles. The standard InChI is InChI=1S/C12H14N4O2/c17-12(10-3-6-18-15-10)14-7-9-1-2-11-13-4-5-16(11)8-9/h3-6,9H,1-2,7-8H2,(H,14,17)/t9-/m1/s1.